The molecule has 0 aliphatic heterocycles. The van der Waals surface area contributed by atoms with Crippen molar-refractivity contribution in [2.75, 3.05) is 19.8 Å². The van der Waals surface area contributed by atoms with Crippen LogP contribution in [-0.2, 0) is 10.0 Å². The molecular formula is C10H15NO4S. The van der Waals surface area contributed by atoms with Crippen LogP contribution in [0.5, 0.6) is 5.75 Å². The first-order valence-corrected chi connectivity index (χ1v) is 6.42. The number of ether oxygens (including phenoxy) is 1. The van der Waals surface area contributed by atoms with E-state index in [0.29, 0.717) is 12.4 Å². The molecule has 0 bridgehead atoms. The van der Waals surface area contributed by atoms with Gasteiger partial charge in [0.1, 0.15) is 5.75 Å². The van der Waals surface area contributed by atoms with E-state index in [4.69, 9.17) is 9.84 Å². The first kappa shape index (κ1) is 13.0. The minimum atomic E-state index is -3.52. The zero-order valence-corrected chi connectivity index (χ0v) is 9.83. The molecule has 0 aliphatic rings. The quantitative estimate of drug-likeness (QED) is 0.758. The molecule has 0 radical (unpaired) electrons. The Morgan fingerprint density at radius 3 is 2.44 bits per heavy atom. The Morgan fingerprint density at radius 1 is 1.31 bits per heavy atom. The topological polar surface area (TPSA) is 75.6 Å². The summed E-state index contributed by atoms with van der Waals surface area (Å²) in [5, 5.41) is 8.54. The molecule has 0 fully saturated rings. The van der Waals surface area contributed by atoms with Gasteiger partial charge < -0.3 is 9.84 Å². The summed E-state index contributed by atoms with van der Waals surface area (Å²) in [5.41, 5.74) is 0. The van der Waals surface area contributed by atoms with Gasteiger partial charge in [-0.05, 0) is 31.2 Å². The molecule has 0 amide bonds. The highest BCUT2D eigenvalue weighted by atomic mass is 32.2. The number of rotatable bonds is 6. The van der Waals surface area contributed by atoms with Crippen LogP contribution in [0.15, 0.2) is 29.2 Å². The van der Waals surface area contributed by atoms with Gasteiger partial charge >= 0.3 is 0 Å². The van der Waals surface area contributed by atoms with Crippen LogP contribution in [0.25, 0.3) is 0 Å². The Bertz CT molecular complexity index is 413. The van der Waals surface area contributed by atoms with E-state index in [0.717, 1.165) is 0 Å². The molecule has 2 N–H and O–H groups in total. The Hall–Kier alpha value is -1.11. The zero-order chi connectivity index (χ0) is 12.0. The number of hydrogen-bond donors (Lipinski definition) is 2. The van der Waals surface area contributed by atoms with Gasteiger partial charge in [0.25, 0.3) is 0 Å². The summed E-state index contributed by atoms with van der Waals surface area (Å²) in [6.07, 6.45) is 0. The van der Waals surface area contributed by atoms with Crippen LogP contribution in [0.3, 0.4) is 0 Å². The third-order valence-electron chi connectivity index (χ3n) is 1.85. The van der Waals surface area contributed by atoms with Crippen LogP contribution < -0.4 is 9.46 Å². The lowest BCUT2D eigenvalue weighted by Crippen LogP contribution is -2.26. The van der Waals surface area contributed by atoms with Crippen LogP contribution in [0.1, 0.15) is 6.92 Å². The van der Waals surface area contributed by atoms with Gasteiger partial charge in [-0.1, -0.05) is 0 Å². The number of hydrogen-bond acceptors (Lipinski definition) is 4. The molecule has 90 valence electrons. The lowest BCUT2D eigenvalue weighted by atomic mass is 10.3. The summed E-state index contributed by atoms with van der Waals surface area (Å²) in [5.74, 6) is 0.628. The Balaban J connectivity index is 2.80. The van der Waals surface area contributed by atoms with Gasteiger partial charge in [-0.15, -0.1) is 0 Å². The van der Waals surface area contributed by atoms with E-state index in [-0.39, 0.29) is 18.0 Å². The third kappa shape index (κ3) is 3.48. The fourth-order valence-electron chi connectivity index (χ4n) is 1.15. The lowest BCUT2D eigenvalue weighted by molar-refractivity contribution is 0.301. The van der Waals surface area contributed by atoms with Gasteiger partial charge in [0, 0.05) is 6.54 Å². The van der Waals surface area contributed by atoms with Gasteiger partial charge in [0.05, 0.1) is 18.1 Å². The number of aliphatic hydroxyl groups is 1. The summed E-state index contributed by atoms with van der Waals surface area (Å²) in [6, 6.07) is 6.11. The number of sulfonamides is 1. The monoisotopic (exact) mass is 245 g/mol. The Kier molecular flexibility index (Phi) is 4.72. The molecule has 0 heterocycles. The van der Waals surface area contributed by atoms with Crippen molar-refractivity contribution >= 4 is 10.0 Å². The molecule has 1 rings (SSSR count). The van der Waals surface area contributed by atoms with Gasteiger partial charge in [-0.3, -0.25) is 0 Å². The summed E-state index contributed by atoms with van der Waals surface area (Å²) in [6.45, 7) is 2.17. The van der Waals surface area contributed by atoms with E-state index in [2.05, 4.69) is 4.72 Å². The van der Waals surface area contributed by atoms with Crippen LogP contribution in [0.4, 0.5) is 0 Å². The van der Waals surface area contributed by atoms with Crippen molar-refractivity contribution in [3.8, 4) is 5.75 Å². The van der Waals surface area contributed by atoms with Gasteiger partial charge in [-0.25, -0.2) is 13.1 Å². The molecule has 0 saturated carbocycles. The van der Waals surface area contributed by atoms with Crippen molar-refractivity contribution in [2.45, 2.75) is 11.8 Å². The highest BCUT2D eigenvalue weighted by Crippen LogP contribution is 2.15. The largest absolute Gasteiger partial charge is 0.494 e. The Morgan fingerprint density at radius 2 is 1.94 bits per heavy atom. The van der Waals surface area contributed by atoms with Gasteiger partial charge in [-0.2, -0.15) is 0 Å². The SMILES string of the molecule is CCOc1ccc(S(=O)(=O)NCCO)cc1. The number of nitrogens with one attached hydrogen (secondary N) is 1. The van der Waals surface area contributed by atoms with Crippen LogP contribution >= 0.6 is 0 Å². The molecule has 16 heavy (non-hydrogen) atoms. The molecule has 0 unspecified atom stereocenters. The molecule has 0 aromatic heterocycles. The van der Waals surface area contributed by atoms with Crippen molar-refractivity contribution in [1.82, 2.24) is 4.72 Å². The van der Waals surface area contributed by atoms with Crippen molar-refractivity contribution in [2.24, 2.45) is 0 Å². The second-order valence-electron chi connectivity index (χ2n) is 3.03. The fourth-order valence-corrected chi connectivity index (χ4v) is 2.17. The molecule has 0 aliphatic carbocycles. The number of benzene rings is 1. The van der Waals surface area contributed by atoms with Crippen LogP contribution in [-0.4, -0.2) is 33.3 Å². The summed E-state index contributed by atoms with van der Waals surface area (Å²) >= 11 is 0. The first-order chi connectivity index (χ1) is 7.60. The van der Waals surface area contributed by atoms with Crippen molar-refractivity contribution in [3.05, 3.63) is 24.3 Å². The maximum absolute atomic E-state index is 11.6. The normalized spacial score (nSPS) is 11.4. The molecule has 6 heteroatoms. The van der Waals surface area contributed by atoms with Crippen molar-refractivity contribution in [3.63, 3.8) is 0 Å². The fraction of sp³-hybridized carbons (Fsp3) is 0.400. The standard InChI is InChI=1S/C10H15NO4S/c1-2-15-9-3-5-10(6-4-9)16(13,14)11-7-8-12/h3-6,11-12H,2,7-8H2,1H3. The lowest BCUT2D eigenvalue weighted by Gasteiger charge is -2.06. The minimum absolute atomic E-state index is 0.00947. The predicted octanol–water partition coefficient (Wildman–Crippen LogP) is 0.356. The Labute approximate surface area is 95.1 Å². The van der Waals surface area contributed by atoms with Crippen molar-refractivity contribution in [1.29, 1.82) is 0 Å². The van der Waals surface area contributed by atoms with Gasteiger partial charge in [0.15, 0.2) is 0 Å². The molecular weight excluding hydrogens is 230 g/mol. The maximum atomic E-state index is 11.6. The summed E-state index contributed by atoms with van der Waals surface area (Å²) in [4.78, 5) is 0.157. The third-order valence-corrected chi connectivity index (χ3v) is 3.33. The molecule has 0 atom stereocenters. The van der Waals surface area contributed by atoms with E-state index in [1.54, 1.807) is 12.1 Å². The highest BCUT2D eigenvalue weighted by molar-refractivity contribution is 7.89. The molecule has 0 saturated heterocycles. The minimum Gasteiger partial charge on any atom is -0.494 e. The molecule has 0 spiro atoms. The average Bonchev–Trinajstić information content (AvgIpc) is 2.28. The smallest absolute Gasteiger partial charge is 0.240 e. The van der Waals surface area contributed by atoms with Crippen LogP contribution in [0, 0.1) is 0 Å². The van der Waals surface area contributed by atoms with Crippen LogP contribution in [0.2, 0.25) is 0 Å². The maximum Gasteiger partial charge on any atom is 0.240 e. The summed E-state index contributed by atoms with van der Waals surface area (Å²) < 4.78 is 30.7. The molecule has 1 aromatic carbocycles. The van der Waals surface area contributed by atoms with E-state index in [1.807, 2.05) is 6.92 Å². The van der Waals surface area contributed by atoms with Crippen molar-refractivity contribution < 1.29 is 18.3 Å². The second kappa shape index (κ2) is 5.83. The molecule has 1 aromatic rings. The highest BCUT2D eigenvalue weighted by Gasteiger charge is 2.12. The zero-order valence-electron chi connectivity index (χ0n) is 9.01. The first-order valence-electron chi connectivity index (χ1n) is 4.93. The van der Waals surface area contributed by atoms with Gasteiger partial charge in [0.2, 0.25) is 10.0 Å². The summed E-state index contributed by atoms with van der Waals surface area (Å²) in [7, 11) is -3.52. The number of aliphatic hydroxyl groups excluding tert-OH is 1. The second-order valence-corrected chi connectivity index (χ2v) is 4.79. The predicted molar refractivity (Wildman–Crippen MR) is 59.9 cm³/mol. The molecule has 5 nitrogen and oxygen atoms in total. The van der Waals surface area contributed by atoms with E-state index < -0.39 is 10.0 Å². The average molecular weight is 245 g/mol. The van der Waals surface area contributed by atoms with E-state index in [1.165, 1.54) is 12.1 Å². The van der Waals surface area contributed by atoms with E-state index in [9.17, 15) is 8.42 Å². The van der Waals surface area contributed by atoms with E-state index >= 15 is 0 Å².